The van der Waals surface area contributed by atoms with Crippen LogP contribution < -0.4 is 4.90 Å². The molecule has 0 saturated carbocycles. The third kappa shape index (κ3) is 3.58. The second-order valence-corrected chi connectivity index (χ2v) is 7.13. The maximum absolute atomic E-state index is 13.3. The summed E-state index contributed by atoms with van der Waals surface area (Å²) < 4.78 is 13.6. The molecule has 1 heterocycles. The number of halogens is 2. The fourth-order valence-corrected chi connectivity index (χ4v) is 3.66. The molecule has 2 aromatic rings. The van der Waals surface area contributed by atoms with Crippen molar-refractivity contribution in [3.63, 3.8) is 0 Å². The van der Waals surface area contributed by atoms with Gasteiger partial charge >= 0.3 is 5.97 Å². The van der Waals surface area contributed by atoms with Gasteiger partial charge in [-0.15, -0.1) is 0 Å². The molecule has 0 aliphatic carbocycles. The van der Waals surface area contributed by atoms with Crippen molar-refractivity contribution in [2.75, 3.05) is 4.90 Å². The van der Waals surface area contributed by atoms with E-state index in [4.69, 9.17) is 28.9 Å². The largest absolute Gasteiger partial charge is 0.478 e. The van der Waals surface area contributed by atoms with Gasteiger partial charge in [-0.1, -0.05) is 47.7 Å². The van der Waals surface area contributed by atoms with Crippen LogP contribution in [0.1, 0.15) is 15.9 Å². The van der Waals surface area contributed by atoms with Crippen molar-refractivity contribution < 1.29 is 19.1 Å². The van der Waals surface area contributed by atoms with Crippen molar-refractivity contribution in [3.8, 4) is 0 Å². The summed E-state index contributed by atoms with van der Waals surface area (Å²) in [7, 11) is 0. The minimum atomic E-state index is -1.02. The van der Waals surface area contributed by atoms with Gasteiger partial charge in [0.1, 0.15) is 5.82 Å². The van der Waals surface area contributed by atoms with Crippen LogP contribution in [-0.2, 0) is 4.79 Å². The average Bonchev–Trinajstić information content (AvgIpc) is 2.85. The molecule has 1 N–H and O–H groups in total. The Bertz CT molecular complexity index is 928. The molecule has 1 amide bonds. The molecule has 3 rings (SSSR count). The molecule has 8 heteroatoms. The SMILES string of the molecule is O=C(O)c1ccc(/C=C2/SC(=S)N(c3ccc(F)c(Cl)c3)C2=O)cc1. The van der Waals surface area contributed by atoms with Gasteiger partial charge in [-0.2, -0.15) is 0 Å². The molecule has 1 saturated heterocycles. The van der Waals surface area contributed by atoms with Gasteiger partial charge in [0.25, 0.3) is 5.91 Å². The van der Waals surface area contributed by atoms with E-state index in [-0.39, 0.29) is 16.5 Å². The Morgan fingerprint density at radius 2 is 1.92 bits per heavy atom. The van der Waals surface area contributed by atoms with E-state index in [2.05, 4.69) is 0 Å². The summed E-state index contributed by atoms with van der Waals surface area (Å²) in [6.45, 7) is 0. The highest BCUT2D eigenvalue weighted by atomic mass is 35.5. The first-order chi connectivity index (χ1) is 11.9. The van der Waals surface area contributed by atoms with Crippen LogP contribution in [-0.4, -0.2) is 21.3 Å². The van der Waals surface area contributed by atoms with Crippen LogP contribution in [0.2, 0.25) is 5.02 Å². The second kappa shape index (κ2) is 6.95. The maximum Gasteiger partial charge on any atom is 0.335 e. The van der Waals surface area contributed by atoms with Gasteiger partial charge in [0, 0.05) is 0 Å². The van der Waals surface area contributed by atoms with Crippen LogP contribution in [0.3, 0.4) is 0 Å². The molecule has 2 aromatic carbocycles. The molecular formula is C17H9ClFNO3S2. The lowest BCUT2D eigenvalue weighted by atomic mass is 10.1. The van der Waals surface area contributed by atoms with Crippen LogP contribution in [0.25, 0.3) is 6.08 Å². The lowest BCUT2D eigenvalue weighted by Gasteiger charge is -2.14. The molecule has 0 aromatic heterocycles. The van der Waals surface area contributed by atoms with E-state index >= 15 is 0 Å². The van der Waals surface area contributed by atoms with Crippen molar-refractivity contribution >= 4 is 63.5 Å². The van der Waals surface area contributed by atoms with Crippen LogP contribution in [0.15, 0.2) is 47.4 Å². The third-order valence-corrected chi connectivity index (χ3v) is 5.00. The molecule has 0 unspecified atom stereocenters. The van der Waals surface area contributed by atoms with Crippen molar-refractivity contribution in [2.45, 2.75) is 0 Å². The lowest BCUT2D eigenvalue weighted by Crippen LogP contribution is -2.27. The molecule has 0 spiro atoms. The van der Waals surface area contributed by atoms with E-state index in [1.807, 2.05) is 0 Å². The number of aromatic carboxylic acids is 1. The summed E-state index contributed by atoms with van der Waals surface area (Å²) in [5.74, 6) is -1.95. The number of rotatable bonds is 3. The topological polar surface area (TPSA) is 57.6 Å². The highest BCUT2D eigenvalue weighted by Crippen LogP contribution is 2.37. The maximum atomic E-state index is 13.3. The Morgan fingerprint density at radius 3 is 2.52 bits per heavy atom. The van der Waals surface area contributed by atoms with Gasteiger partial charge < -0.3 is 5.11 Å². The fraction of sp³-hybridized carbons (Fsp3) is 0. The van der Waals surface area contributed by atoms with Crippen molar-refractivity contribution in [1.29, 1.82) is 0 Å². The first-order valence-electron chi connectivity index (χ1n) is 6.93. The Balaban J connectivity index is 1.90. The summed E-state index contributed by atoms with van der Waals surface area (Å²) in [6, 6.07) is 10.0. The normalized spacial score (nSPS) is 15.9. The number of amides is 1. The van der Waals surface area contributed by atoms with Crippen LogP contribution in [0.4, 0.5) is 10.1 Å². The predicted molar refractivity (Wildman–Crippen MR) is 100 cm³/mol. The minimum absolute atomic E-state index is 0.0974. The first kappa shape index (κ1) is 17.6. The summed E-state index contributed by atoms with van der Waals surface area (Å²) in [5.41, 5.74) is 1.21. The van der Waals surface area contributed by atoms with Crippen molar-refractivity contribution in [2.24, 2.45) is 0 Å². The molecule has 0 atom stereocenters. The highest BCUT2D eigenvalue weighted by Gasteiger charge is 2.33. The monoisotopic (exact) mass is 393 g/mol. The zero-order chi connectivity index (χ0) is 18.1. The Labute approximate surface area is 156 Å². The van der Waals surface area contributed by atoms with Gasteiger partial charge in [-0.25, -0.2) is 9.18 Å². The van der Waals surface area contributed by atoms with E-state index in [0.29, 0.717) is 20.5 Å². The van der Waals surface area contributed by atoms with Gasteiger partial charge in [0.05, 0.1) is 21.2 Å². The summed E-state index contributed by atoms with van der Waals surface area (Å²) >= 11 is 12.1. The van der Waals surface area contributed by atoms with E-state index in [9.17, 15) is 14.0 Å². The van der Waals surface area contributed by atoms with E-state index in [1.165, 1.54) is 35.2 Å². The zero-order valence-corrected chi connectivity index (χ0v) is 14.8. The number of carboxylic acids is 1. The number of thioether (sulfide) groups is 1. The van der Waals surface area contributed by atoms with Crippen LogP contribution >= 0.6 is 35.6 Å². The molecule has 126 valence electrons. The van der Waals surface area contributed by atoms with Crippen molar-refractivity contribution in [1.82, 2.24) is 0 Å². The second-order valence-electron chi connectivity index (χ2n) is 5.04. The number of nitrogens with zero attached hydrogens (tertiary/aromatic N) is 1. The fourth-order valence-electron chi connectivity index (χ4n) is 2.19. The molecule has 0 radical (unpaired) electrons. The summed E-state index contributed by atoms with van der Waals surface area (Å²) in [4.78, 5) is 25.1. The quantitative estimate of drug-likeness (QED) is 0.610. The molecule has 4 nitrogen and oxygen atoms in total. The van der Waals surface area contributed by atoms with Gasteiger partial charge in [0.2, 0.25) is 0 Å². The Hall–Kier alpha value is -2.22. The van der Waals surface area contributed by atoms with E-state index in [0.717, 1.165) is 11.8 Å². The first-order valence-corrected chi connectivity index (χ1v) is 8.53. The number of carboxylic acid groups (broad SMARTS) is 1. The van der Waals surface area contributed by atoms with Gasteiger partial charge in [-0.05, 0) is 42.0 Å². The average molecular weight is 394 g/mol. The smallest absolute Gasteiger partial charge is 0.335 e. The number of carbonyl (C=O) groups is 2. The number of benzene rings is 2. The highest BCUT2D eigenvalue weighted by molar-refractivity contribution is 8.27. The Morgan fingerprint density at radius 1 is 1.24 bits per heavy atom. The minimum Gasteiger partial charge on any atom is -0.478 e. The van der Waals surface area contributed by atoms with Gasteiger partial charge in [0.15, 0.2) is 4.32 Å². The number of hydrogen-bond acceptors (Lipinski definition) is 4. The number of thiocarbonyl (C=S) groups is 1. The lowest BCUT2D eigenvalue weighted by molar-refractivity contribution is -0.113. The van der Waals surface area contributed by atoms with E-state index < -0.39 is 11.8 Å². The number of hydrogen-bond donors (Lipinski definition) is 1. The van der Waals surface area contributed by atoms with Crippen molar-refractivity contribution in [3.05, 3.63) is 69.3 Å². The predicted octanol–water partition coefficient (Wildman–Crippen LogP) is 4.58. The summed E-state index contributed by atoms with van der Waals surface area (Å²) in [5, 5.41) is 8.81. The number of anilines is 1. The molecule has 1 fully saturated rings. The van der Waals surface area contributed by atoms with Crippen LogP contribution in [0.5, 0.6) is 0 Å². The zero-order valence-electron chi connectivity index (χ0n) is 12.4. The molecular weight excluding hydrogens is 385 g/mol. The molecule has 25 heavy (non-hydrogen) atoms. The summed E-state index contributed by atoms with van der Waals surface area (Å²) in [6.07, 6.45) is 1.62. The van der Waals surface area contributed by atoms with Crippen LogP contribution in [0, 0.1) is 5.82 Å². The van der Waals surface area contributed by atoms with E-state index in [1.54, 1.807) is 18.2 Å². The standard InChI is InChI=1S/C17H9ClFNO3S2/c18-12-8-11(5-6-13(12)19)20-15(21)14(25-17(20)24)7-9-1-3-10(4-2-9)16(22)23/h1-8H,(H,22,23)/b14-7+. The number of carbonyl (C=O) groups excluding carboxylic acids is 1. The Kier molecular flexibility index (Phi) is 4.89. The molecule has 1 aliphatic rings. The van der Waals surface area contributed by atoms with Gasteiger partial charge in [-0.3, -0.25) is 9.69 Å². The third-order valence-electron chi connectivity index (χ3n) is 3.41. The molecule has 1 aliphatic heterocycles. The molecule has 0 bridgehead atoms.